The topological polar surface area (TPSA) is 39.2 Å². The molecule has 14 heavy (non-hydrogen) atoms. The number of ether oxygens (including phenoxy) is 1. The molecule has 0 radical (unpaired) electrons. The minimum Gasteiger partial charge on any atom is -0.870 e. The van der Waals surface area contributed by atoms with Crippen LogP contribution >= 0.6 is 0 Å². The lowest BCUT2D eigenvalue weighted by molar-refractivity contribution is -0.917. The summed E-state index contributed by atoms with van der Waals surface area (Å²) in [4.78, 5) is 0. The molecule has 3 nitrogen and oxygen atoms in total. The van der Waals surface area contributed by atoms with Crippen molar-refractivity contribution in [3.8, 4) is 0 Å². The summed E-state index contributed by atoms with van der Waals surface area (Å²) < 4.78 is 6.62. The Morgan fingerprint density at radius 3 is 2.29 bits per heavy atom. The minimum atomic E-state index is 0. The Morgan fingerprint density at radius 2 is 1.71 bits per heavy atom. The van der Waals surface area contributed by atoms with E-state index in [1.54, 1.807) is 0 Å². The van der Waals surface area contributed by atoms with E-state index in [0.29, 0.717) is 0 Å². The molecular weight excluding hydrogens is 178 g/mol. The molecule has 0 spiro atoms. The molecule has 1 N–H and O–H groups in total. The fourth-order valence-electron chi connectivity index (χ4n) is 1.93. The molecule has 1 rings (SSSR count). The number of likely N-dealkylation sites (N-methyl/N-ethyl adjacent to an activating group) is 1. The summed E-state index contributed by atoms with van der Waals surface area (Å²) in [5.41, 5.74) is 0. The van der Waals surface area contributed by atoms with Crippen LogP contribution < -0.4 is 0 Å². The van der Waals surface area contributed by atoms with Crippen molar-refractivity contribution in [3.63, 3.8) is 0 Å². The lowest BCUT2D eigenvalue weighted by atomic mass is 10.2. The maximum Gasteiger partial charge on any atom is 0.102 e. The van der Waals surface area contributed by atoms with Crippen LogP contribution in [0.2, 0.25) is 0 Å². The molecule has 86 valence electrons. The molecule has 0 atom stereocenters. The Morgan fingerprint density at radius 1 is 1.07 bits per heavy atom. The van der Waals surface area contributed by atoms with Gasteiger partial charge in [-0.25, -0.2) is 0 Å². The van der Waals surface area contributed by atoms with Crippen LogP contribution in [0.4, 0.5) is 0 Å². The van der Waals surface area contributed by atoms with Gasteiger partial charge in [0.2, 0.25) is 0 Å². The van der Waals surface area contributed by atoms with E-state index in [4.69, 9.17) is 4.74 Å². The van der Waals surface area contributed by atoms with Crippen molar-refractivity contribution in [2.75, 3.05) is 39.9 Å². The molecule has 1 heterocycles. The van der Waals surface area contributed by atoms with Crippen LogP contribution in [0.1, 0.15) is 32.6 Å². The van der Waals surface area contributed by atoms with Gasteiger partial charge >= 0.3 is 0 Å². The highest BCUT2D eigenvalue weighted by atomic mass is 16.5. The molecule has 0 bridgehead atoms. The van der Waals surface area contributed by atoms with Crippen LogP contribution in [0.25, 0.3) is 0 Å². The second-order valence-electron chi connectivity index (χ2n) is 4.46. The van der Waals surface area contributed by atoms with Gasteiger partial charge in [-0.3, -0.25) is 0 Å². The summed E-state index contributed by atoms with van der Waals surface area (Å²) in [7, 11) is 2.37. The van der Waals surface area contributed by atoms with E-state index >= 15 is 0 Å². The Labute approximate surface area is 87.9 Å². The highest BCUT2D eigenvalue weighted by Gasteiger charge is 2.23. The van der Waals surface area contributed by atoms with Crippen molar-refractivity contribution in [1.82, 2.24) is 0 Å². The largest absolute Gasteiger partial charge is 0.870 e. The van der Waals surface area contributed by atoms with Crippen molar-refractivity contribution in [1.29, 1.82) is 0 Å². The van der Waals surface area contributed by atoms with E-state index in [0.717, 1.165) is 13.2 Å². The highest BCUT2D eigenvalue weighted by Crippen LogP contribution is 2.10. The van der Waals surface area contributed by atoms with Crippen LogP contribution in [-0.2, 0) is 4.74 Å². The van der Waals surface area contributed by atoms with Crippen molar-refractivity contribution >= 4 is 0 Å². The van der Waals surface area contributed by atoms with Crippen LogP contribution in [-0.4, -0.2) is 49.9 Å². The van der Waals surface area contributed by atoms with Crippen molar-refractivity contribution < 1.29 is 14.7 Å². The van der Waals surface area contributed by atoms with Gasteiger partial charge in [0.25, 0.3) is 0 Å². The van der Waals surface area contributed by atoms with Crippen LogP contribution in [0.3, 0.4) is 0 Å². The van der Waals surface area contributed by atoms with Gasteiger partial charge in [-0.1, -0.05) is 19.8 Å². The zero-order valence-electron chi connectivity index (χ0n) is 9.67. The molecule has 1 aliphatic rings. The van der Waals surface area contributed by atoms with Gasteiger partial charge in [0, 0.05) is 0 Å². The summed E-state index contributed by atoms with van der Waals surface area (Å²) in [6.07, 6.45) is 5.54. The van der Waals surface area contributed by atoms with E-state index in [1.165, 1.54) is 49.8 Å². The lowest BCUT2D eigenvalue weighted by Crippen LogP contribution is -2.52. The van der Waals surface area contributed by atoms with E-state index in [-0.39, 0.29) is 5.48 Å². The molecule has 3 heteroatoms. The average molecular weight is 203 g/mol. The molecule has 0 aromatic rings. The number of nitrogens with zero attached hydrogens (tertiary/aromatic N) is 1. The third-order valence-electron chi connectivity index (χ3n) is 3.10. The SMILES string of the molecule is CCCCCC[N+]1(C)CCOCC1.[OH-]. The molecule has 0 amide bonds. The fraction of sp³-hybridized carbons (Fsp3) is 1.00. The number of rotatable bonds is 5. The third kappa shape index (κ3) is 4.94. The zero-order valence-corrected chi connectivity index (χ0v) is 9.67. The van der Waals surface area contributed by atoms with Gasteiger partial charge in [0.15, 0.2) is 0 Å². The molecule has 0 aromatic heterocycles. The van der Waals surface area contributed by atoms with Gasteiger partial charge in [0.05, 0.1) is 26.8 Å². The second-order valence-corrected chi connectivity index (χ2v) is 4.46. The Balaban J connectivity index is 0.00000169. The Bertz CT molecular complexity index is 133. The maximum atomic E-state index is 5.38. The van der Waals surface area contributed by atoms with E-state index < -0.39 is 0 Å². The quantitative estimate of drug-likeness (QED) is 0.505. The third-order valence-corrected chi connectivity index (χ3v) is 3.10. The van der Waals surface area contributed by atoms with Gasteiger partial charge in [-0.15, -0.1) is 0 Å². The average Bonchev–Trinajstić information content (AvgIpc) is 2.14. The minimum absolute atomic E-state index is 0. The molecule has 1 fully saturated rings. The summed E-state index contributed by atoms with van der Waals surface area (Å²) >= 11 is 0. The summed E-state index contributed by atoms with van der Waals surface area (Å²) in [6.45, 7) is 7.97. The van der Waals surface area contributed by atoms with Crippen LogP contribution in [0.5, 0.6) is 0 Å². The maximum absolute atomic E-state index is 5.38. The van der Waals surface area contributed by atoms with E-state index in [2.05, 4.69) is 14.0 Å². The first kappa shape index (κ1) is 13.9. The summed E-state index contributed by atoms with van der Waals surface area (Å²) in [6, 6.07) is 0. The number of hydrogen-bond donors (Lipinski definition) is 0. The predicted molar refractivity (Wildman–Crippen MR) is 57.7 cm³/mol. The van der Waals surface area contributed by atoms with Gasteiger partial charge < -0.3 is 14.7 Å². The smallest absolute Gasteiger partial charge is 0.102 e. The molecule has 0 aliphatic carbocycles. The first-order chi connectivity index (χ1) is 6.27. The molecule has 0 aromatic carbocycles. The van der Waals surface area contributed by atoms with Crippen molar-refractivity contribution in [3.05, 3.63) is 0 Å². The number of unbranched alkanes of at least 4 members (excludes halogenated alkanes) is 3. The molecule has 0 unspecified atom stereocenters. The summed E-state index contributed by atoms with van der Waals surface area (Å²) in [5.74, 6) is 0. The van der Waals surface area contributed by atoms with E-state index in [9.17, 15) is 0 Å². The second kappa shape index (κ2) is 7.21. The molecule has 0 saturated carbocycles. The van der Waals surface area contributed by atoms with E-state index in [1.807, 2.05) is 0 Å². The predicted octanol–water partition coefficient (Wildman–Crippen LogP) is 1.87. The van der Waals surface area contributed by atoms with Crippen LogP contribution in [0, 0.1) is 0 Å². The zero-order chi connectivity index (χ0) is 9.57. The van der Waals surface area contributed by atoms with Gasteiger partial charge in [-0.2, -0.15) is 0 Å². The summed E-state index contributed by atoms with van der Waals surface area (Å²) in [5, 5.41) is 0. The normalized spacial score (nSPS) is 20.1. The monoisotopic (exact) mass is 203 g/mol. The fourth-order valence-corrected chi connectivity index (χ4v) is 1.93. The first-order valence-corrected chi connectivity index (χ1v) is 5.68. The van der Waals surface area contributed by atoms with Gasteiger partial charge in [0.1, 0.15) is 13.1 Å². The Kier molecular flexibility index (Phi) is 7.15. The van der Waals surface area contributed by atoms with Crippen LogP contribution in [0.15, 0.2) is 0 Å². The number of quaternary nitrogens is 1. The van der Waals surface area contributed by atoms with Gasteiger partial charge in [-0.05, 0) is 12.8 Å². The standard InChI is InChI=1S/C11H24NO.H2O/c1-3-4-5-6-7-12(2)8-10-13-11-9-12;/h3-11H2,1-2H3;1H2/q+1;/p-1. The first-order valence-electron chi connectivity index (χ1n) is 5.68. The lowest BCUT2D eigenvalue weighted by Gasteiger charge is -2.37. The number of hydrogen-bond acceptors (Lipinski definition) is 2. The van der Waals surface area contributed by atoms with Crippen molar-refractivity contribution in [2.24, 2.45) is 0 Å². The Hall–Kier alpha value is -0.120. The highest BCUT2D eigenvalue weighted by molar-refractivity contribution is 4.48. The number of morpholine rings is 1. The molecule has 1 saturated heterocycles. The van der Waals surface area contributed by atoms with Crippen molar-refractivity contribution in [2.45, 2.75) is 32.6 Å². The molecular formula is C11H25NO2. The molecule has 1 aliphatic heterocycles.